The largest absolute Gasteiger partial charge is 0.462 e. The van der Waals surface area contributed by atoms with Crippen molar-refractivity contribution in [3.8, 4) is 0 Å². The van der Waals surface area contributed by atoms with Crippen molar-refractivity contribution < 1.29 is 28.9 Å². The van der Waals surface area contributed by atoms with E-state index in [4.69, 9.17) is 14.2 Å². The molecule has 0 aromatic rings. The minimum Gasteiger partial charge on any atom is -0.462 e. The number of ether oxygens (including phenoxy) is 3. The van der Waals surface area contributed by atoms with Crippen LogP contribution in [0.1, 0.15) is 220 Å². The molecule has 6 heteroatoms. The predicted octanol–water partition coefficient (Wildman–Crippen LogP) is 13.6. The van der Waals surface area contributed by atoms with Gasteiger partial charge in [0.25, 0.3) is 0 Å². The zero-order valence-corrected chi connectivity index (χ0v) is 35.6. The van der Waals surface area contributed by atoms with Gasteiger partial charge in [0.1, 0.15) is 6.61 Å². The molecule has 0 aromatic carbocycles. The summed E-state index contributed by atoms with van der Waals surface area (Å²) in [5.41, 5.74) is 0. The van der Waals surface area contributed by atoms with Gasteiger partial charge in [0, 0.05) is 12.8 Å². The third-order valence-electron chi connectivity index (χ3n) is 10.9. The summed E-state index contributed by atoms with van der Waals surface area (Å²) in [7, 11) is 0. The van der Waals surface area contributed by atoms with Gasteiger partial charge >= 0.3 is 11.9 Å². The highest BCUT2D eigenvalue weighted by Crippen LogP contribution is 2.30. The Kier molecular flexibility index (Phi) is 35.2. The molecule has 6 nitrogen and oxygen atoms in total. The minimum absolute atomic E-state index is 0.0881. The summed E-state index contributed by atoms with van der Waals surface area (Å²) < 4.78 is 16.3. The first-order valence-electron chi connectivity index (χ1n) is 23.1. The van der Waals surface area contributed by atoms with Gasteiger partial charge in [-0.25, -0.2) is 0 Å². The maximum absolute atomic E-state index is 12.2. The second-order valence-electron chi connectivity index (χ2n) is 16.1. The van der Waals surface area contributed by atoms with Gasteiger partial charge in [-0.05, 0) is 50.9 Å². The molecule has 314 valence electrons. The quantitative estimate of drug-likeness (QED) is 0.0290. The summed E-state index contributed by atoms with van der Waals surface area (Å²) in [6.07, 6.45) is 49.7. The van der Waals surface area contributed by atoms with E-state index >= 15 is 0 Å². The molecule has 54 heavy (non-hydrogen) atoms. The standard InChI is InChI=1S/C48H86O6/c1-4-6-31-37-45-46(54-45)38-33-28-24-20-17-18-22-26-30-35-40-48(51)53-44(41-49)42-52-47(50)39-34-29-25-21-16-14-12-10-8-7-9-11-13-15-19-23-27-32-36-43(3)5-2/h17,20,22,26,28,33,43-46,49H,4-16,18-19,21,23-25,27,29-32,34-42H2,1-3H3/b20-17-,26-22-,33-28-/t43?,44-,45?,46?/m0/s1. The first kappa shape index (κ1) is 50.1. The molecule has 0 spiro atoms. The number of carbonyl (C=O) groups excluding carboxylic acids is 2. The molecular weight excluding hydrogens is 673 g/mol. The topological polar surface area (TPSA) is 85.4 Å². The first-order chi connectivity index (χ1) is 26.5. The molecule has 0 radical (unpaired) electrons. The number of rotatable bonds is 40. The van der Waals surface area contributed by atoms with E-state index in [2.05, 4.69) is 57.2 Å². The minimum atomic E-state index is -0.802. The van der Waals surface area contributed by atoms with Crippen molar-refractivity contribution in [1.82, 2.24) is 0 Å². The van der Waals surface area contributed by atoms with E-state index in [0.717, 1.165) is 50.9 Å². The van der Waals surface area contributed by atoms with Gasteiger partial charge in [0.2, 0.25) is 0 Å². The van der Waals surface area contributed by atoms with Crippen molar-refractivity contribution in [2.45, 2.75) is 238 Å². The molecule has 1 aliphatic heterocycles. The summed E-state index contributed by atoms with van der Waals surface area (Å²) in [6.45, 7) is 6.48. The van der Waals surface area contributed by atoms with Crippen LogP contribution < -0.4 is 0 Å². The highest BCUT2D eigenvalue weighted by molar-refractivity contribution is 5.70. The van der Waals surface area contributed by atoms with Crippen LogP contribution in [-0.4, -0.2) is 48.6 Å². The van der Waals surface area contributed by atoms with Gasteiger partial charge < -0.3 is 19.3 Å². The van der Waals surface area contributed by atoms with Crippen LogP contribution in [0.25, 0.3) is 0 Å². The van der Waals surface area contributed by atoms with Crippen molar-refractivity contribution in [3.05, 3.63) is 36.5 Å². The lowest BCUT2D eigenvalue weighted by molar-refractivity contribution is -0.161. The maximum atomic E-state index is 12.2. The fourth-order valence-corrected chi connectivity index (χ4v) is 6.91. The number of esters is 2. The third kappa shape index (κ3) is 33.4. The van der Waals surface area contributed by atoms with Crippen molar-refractivity contribution in [2.75, 3.05) is 13.2 Å². The number of aliphatic hydroxyl groups excluding tert-OH is 1. The molecule has 0 saturated carbocycles. The molecule has 1 fully saturated rings. The summed E-state index contributed by atoms with van der Waals surface area (Å²) in [4.78, 5) is 24.4. The second-order valence-corrected chi connectivity index (χ2v) is 16.1. The lowest BCUT2D eigenvalue weighted by Gasteiger charge is -2.15. The van der Waals surface area contributed by atoms with E-state index in [-0.39, 0.29) is 31.6 Å². The second kappa shape index (κ2) is 38.0. The number of hydrogen-bond acceptors (Lipinski definition) is 6. The van der Waals surface area contributed by atoms with Crippen molar-refractivity contribution >= 4 is 11.9 Å². The Hall–Kier alpha value is -1.92. The van der Waals surface area contributed by atoms with Gasteiger partial charge in [-0.3, -0.25) is 9.59 Å². The average molecular weight is 759 g/mol. The molecule has 1 N–H and O–H groups in total. The first-order valence-corrected chi connectivity index (χ1v) is 23.1. The number of unbranched alkanes of at least 4 members (excludes halogenated alkanes) is 20. The molecule has 1 aliphatic rings. The van der Waals surface area contributed by atoms with E-state index in [1.165, 1.54) is 135 Å². The zero-order chi connectivity index (χ0) is 39.2. The van der Waals surface area contributed by atoms with Crippen LogP contribution in [0.2, 0.25) is 0 Å². The fourth-order valence-electron chi connectivity index (χ4n) is 6.91. The van der Waals surface area contributed by atoms with Crippen molar-refractivity contribution in [1.29, 1.82) is 0 Å². The highest BCUT2D eigenvalue weighted by atomic mass is 16.6. The molecule has 1 heterocycles. The number of hydrogen-bond donors (Lipinski definition) is 1. The molecule has 1 saturated heterocycles. The lowest BCUT2D eigenvalue weighted by atomic mass is 9.99. The van der Waals surface area contributed by atoms with Gasteiger partial charge in [-0.2, -0.15) is 0 Å². The SMILES string of the molecule is CCCCCC1OC1C/C=C\C/C=C\C/C=C\CCCC(=O)O[C@@H](CO)COC(=O)CCCCCCCCCCCCCCCCCCCCC(C)CC. The van der Waals surface area contributed by atoms with Gasteiger partial charge in [0.15, 0.2) is 6.10 Å². The Morgan fingerprint density at radius 1 is 0.611 bits per heavy atom. The Morgan fingerprint density at radius 3 is 1.69 bits per heavy atom. The number of aliphatic hydroxyl groups is 1. The van der Waals surface area contributed by atoms with E-state index in [0.29, 0.717) is 25.0 Å². The van der Waals surface area contributed by atoms with E-state index in [1.54, 1.807) is 0 Å². The van der Waals surface area contributed by atoms with Gasteiger partial charge in [-0.15, -0.1) is 0 Å². The van der Waals surface area contributed by atoms with Crippen LogP contribution in [-0.2, 0) is 23.8 Å². The van der Waals surface area contributed by atoms with Crippen LogP contribution >= 0.6 is 0 Å². The Balaban J connectivity index is 1.86. The summed E-state index contributed by atoms with van der Waals surface area (Å²) >= 11 is 0. The van der Waals surface area contributed by atoms with Crippen LogP contribution in [0.4, 0.5) is 0 Å². The van der Waals surface area contributed by atoms with Crippen LogP contribution in [0.5, 0.6) is 0 Å². The van der Waals surface area contributed by atoms with Crippen molar-refractivity contribution in [2.24, 2.45) is 5.92 Å². The number of allylic oxidation sites excluding steroid dienone is 5. The van der Waals surface area contributed by atoms with E-state index in [9.17, 15) is 14.7 Å². The Morgan fingerprint density at radius 2 is 1.13 bits per heavy atom. The molecule has 0 bridgehead atoms. The van der Waals surface area contributed by atoms with Crippen LogP contribution in [0.15, 0.2) is 36.5 Å². The van der Waals surface area contributed by atoms with Gasteiger partial charge in [0.05, 0.1) is 18.8 Å². The Labute approximate surface area is 333 Å². The average Bonchev–Trinajstić information content (AvgIpc) is 3.93. The molecular formula is C48H86O6. The maximum Gasteiger partial charge on any atom is 0.306 e. The van der Waals surface area contributed by atoms with Crippen LogP contribution in [0, 0.1) is 5.92 Å². The van der Waals surface area contributed by atoms with E-state index in [1.807, 2.05) is 0 Å². The summed E-state index contributed by atoms with van der Waals surface area (Å²) in [5.74, 6) is 0.258. The third-order valence-corrected chi connectivity index (χ3v) is 10.9. The van der Waals surface area contributed by atoms with Crippen LogP contribution in [0.3, 0.4) is 0 Å². The monoisotopic (exact) mass is 759 g/mol. The number of carbonyl (C=O) groups is 2. The highest BCUT2D eigenvalue weighted by Gasteiger charge is 2.36. The zero-order valence-electron chi connectivity index (χ0n) is 35.6. The normalized spacial score (nSPS) is 16.8. The molecule has 0 aliphatic carbocycles. The number of epoxide rings is 1. The van der Waals surface area contributed by atoms with E-state index < -0.39 is 6.10 Å². The predicted molar refractivity (Wildman–Crippen MR) is 228 cm³/mol. The molecule has 1 rings (SSSR count). The lowest BCUT2D eigenvalue weighted by Crippen LogP contribution is -2.28. The van der Waals surface area contributed by atoms with Crippen molar-refractivity contribution in [3.63, 3.8) is 0 Å². The molecule has 3 unspecified atom stereocenters. The van der Waals surface area contributed by atoms with Gasteiger partial charge in [-0.1, -0.05) is 198 Å². The summed E-state index contributed by atoms with van der Waals surface area (Å²) in [5, 5.41) is 9.59. The Bertz CT molecular complexity index is 941. The smallest absolute Gasteiger partial charge is 0.306 e. The summed E-state index contributed by atoms with van der Waals surface area (Å²) in [6, 6.07) is 0. The molecule has 0 aromatic heterocycles. The fraction of sp³-hybridized carbons (Fsp3) is 0.833. The molecule has 4 atom stereocenters. The molecule has 0 amide bonds.